The van der Waals surface area contributed by atoms with Crippen LogP contribution in [0.15, 0.2) is 46.5 Å². The van der Waals surface area contributed by atoms with Crippen molar-refractivity contribution in [1.82, 2.24) is 10.0 Å². The van der Waals surface area contributed by atoms with Crippen LogP contribution in [0, 0.1) is 11.8 Å². The number of hydrogen-bond donors (Lipinski definition) is 0. The third-order valence-electron chi connectivity index (χ3n) is 7.05. The van der Waals surface area contributed by atoms with Gasteiger partial charge >= 0.3 is 0 Å². The van der Waals surface area contributed by atoms with Crippen LogP contribution in [0.1, 0.15) is 20.7 Å². The number of fused-ring (bicyclic) bond motifs is 5. The molecule has 210 valence electrons. The normalized spacial score (nSPS) is 28.4. The number of carbonyl (C=O) groups excluding carboxylic acids is 4. The molecular formula is C24H10Cl10N2O4. The van der Waals surface area contributed by atoms with Crippen molar-refractivity contribution in [2.45, 2.75) is 14.1 Å². The van der Waals surface area contributed by atoms with Gasteiger partial charge in [-0.05, 0) is 36.4 Å². The summed E-state index contributed by atoms with van der Waals surface area (Å²) in [6, 6.07) is 7.95. The zero-order valence-electron chi connectivity index (χ0n) is 19.1. The molecule has 0 radical (unpaired) electrons. The van der Waals surface area contributed by atoms with Crippen LogP contribution < -0.4 is 0 Å². The second-order valence-electron chi connectivity index (χ2n) is 9.10. The summed E-state index contributed by atoms with van der Waals surface area (Å²) in [5, 5.41) is 0.751. The SMILES string of the molecule is O=C(CN(C(=O)c1ccc(Cl)cc1Cl)N1C(=O)[C@@H]2[C@H](C1=O)[C@@]1(Cl)C(Cl)=C(Cl)[C@@]2(Cl)C1(Cl)Cl)c1ccc(Cl)cc1Cl. The molecule has 16 heteroatoms. The minimum Gasteiger partial charge on any atom is -0.292 e. The quantitative estimate of drug-likeness (QED) is 0.177. The van der Waals surface area contributed by atoms with Gasteiger partial charge in [-0.3, -0.25) is 19.2 Å². The lowest BCUT2D eigenvalue weighted by molar-refractivity contribution is -0.154. The molecular weight excluding hydrogens is 735 g/mol. The minimum atomic E-state index is -2.19. The van der Waals surface area contributed by atoms with Crippen LogP contribution in [-0.4, -0.2) is 54.1 Å². The van der Waals surface area contributed by atoms with E-state index in [9.17, 15) is 19.2 Å². The second kappa shape index (κ2) is 10.2. The van der Waals surface area contributed by atoms with E-state index in [0.29, 0.717) is 10.0 Å². The lowest BCUT2D eigenvalue weighted by Crippen LogP contribution is -2.56. The molecule has 2 fully saturated rings. The number of benzene rings is 2. The van der Waals surface area contributed by atoms with Crippen LogP contribution in [0.25, 0.3) is 0 Å². The van der Waals surface area contributed by atoms with Crippen LogP contribution in [0.5, 0.6) is 0 Å². The molecule has 3 amide bonds. The predicted molar refractivity (Wildman–Crippen MR) is 157 cm³/mol. The van der Waals surface area contributed by atoms with E-state index >= 15 is 0 Å². The lowest BCUT2D eigenvalue weighted by atomic mass is 9.84. The number of ketones is 1. The van der Waals surface area contributed by atoms with E-state index < -0.39 is 56.0 Å². The monoisotopic (exact) mass is 740 g/mol. The van der Waals surface area contributed by atoms with Crippen LogP contribution >= 0.6 is 116 Å². The fourth-order valence-corrected chi connectivity index (χ4v) is 9.12. The number of amides is 3. The number of rotatable bonds is 5. The average Bonchev–Trinajstić information content (AvgIpc) is 3.25. The first-order chi connectivity index (χ1) is 18.5. The van der Waals surface area contributed by atoms with E-state index in [1.165, 1.54) is 36.4 Å². The van der Waals surface area contributed by atoms with Crippen LogP contribution in [0.4, 0.5) is 0 Å². The second-order valence-corrected chi connectivity index (χ2v) is 14.1. The van der Waals surface area contributed by atoms with Gasteiger partial charge in [0.2, 0.25) is 0 Å². The van der Waals surface area contributed by atoms with E-state index in [1.807, 2.05) is 0 Å². The van der Waals surface area contributed by atoms with E-state index in [-0.39, 0.29) is 41.3 Å². The largest absolute Gasteiger partial charge is 0.292 e. The smallest absolute Gasteiger partial charge is 0.274 e. The average molecular weight is 745 g/mol. The summed E-state index contributed by atoms with van der Waals surface area (Å²) >= 11 is 63.7. The highest BCUT2D eigenvalue weighted by atomic mass is 35.5. The highest BCUT2D eigenvalue weighted by Gasteiger charge is 2.88. The van der Waals surface area contributed by atoms with Gasteiger partial charge in [0, 0.05) is 15.6 Å². The molecule has 2 bridgehead atoms. The first-order valence-electron chi connectivity index (χ1n) is 11.0. The Hall–Kier alpha value is -0.640. The molecule has 2 aliphatic carbocycles. The molecule has 0 spiro atoms. The molecule has 1 aliphatic heterocycles. The molecule has 0 unspecified atom stereocenters. The maximum absolute atomic E-state index is 13.9. The molecule has 0 aromatic heterocycles. The summed E-state index contributed by atoms with van der Waals surface area (Å²) in [5.74, 6) is -6.94. The van der Waals surface area contributed by atoms with Crippen molar-refractivity contribution < 1.29 is 19.2 Å². The Kier molecular flexibility index (Phi) is 7.88. The molecule has 6 nitrogen and oxygen atoms in total. The maximum atomic E-state index is 13.9. The van der Waals surface area contributed by atoms with Gasteiger partial charge in [-0.2, -0.15) is 5.01 Å². The van der Waals surface area contributed by atoms with Crippen molar-refractivity contribution >= 4 is 140 Å². The van der Waals surface area contributed by atoms with Gasteiger partial charge in [0.25, 0.3) is 17.7 Å². The number of carbonyl (C=O) groups is 4. The molecule has 1 heterocycles. The van der Waals surface area contributed by atoms with Crippen LogP contribution in [0.3, 0.4) is 0 Å². The molecule has 1 saturated heterocycles. The molecule has 1 saturated carbocycles. The highest BCUT2D eigenvalue weighted by molar-refractivity contribution is 6.67. The van der Waals surface area contributed by atoms with Gasteiger partial charge in [-0.15, -0.1) is 23.2 Å². The number of alkyl halides is 4. The van der Waals surface area contributed by atoms with Gasteiger partial charge in [0.15, 0.2) is 10.1 Å². The van der Waals surface area contributed by atoms with E-state index in [2.05, 4.69) is 0 Å². The number of nitrogens with zero attached hydrogens (tertiary/aromatic N) is 2. The summed E-state index contributed by atoms with van der Waals surface area (Å²) < 4.78 is -2.19. The number of imide groups is 1. The third kappa shape index (κ3) is 3.98. The van der Waals surface area contributed by atoms with E-state index in [0.717, 1.165) is 0 Å². The van der Waals surface area contributed by atoms with Crippen molar-refractivity contribution in [3.63, 3.8) is 0 Å². The van der Waals surface area contributed by atoms with Crippen molar-refractivity contribution in [1.29, 1.82) is 0 Å². The summed E-state index contributed by atoms with van der Waals surface area (Å²) in [6.45, 7) is -0.845. The fraction of sp³-hybridized carbons (Fsp3) is 0.250. The Labute approximate surface area is 276 Å². The summed E-state index contributed by atoms with van der Waals surface area (Å²) in [6.07, 6.45) is 0. The van der Waals surface area contributed by atoms with Gasteiger partial charge < -0.3 is 0 Å². The Bertz CT molecular complexity index is 1530. The van der Waals surface area contributed by atoms with Crippen molar-refractivity contribution in [2.24, 2.45) is 11.8 Å². The summed E-state index contributed by atoms with van der Waals surface area (Å²) in [4.78, 5) is 50.8. The van der Waals surface area contributed by atoms with Crippen molar-refractivity contribution in [3.8, 4) is 0 Å². The lowest BCUT2D eigenvalue weighted by Gasteiger charge is -2.37. The Balaban J connectivity index is 1.62. The van der Waals surface area contributed by atoms with Gasteiger partial charge in [0.05, 0.1) is 37.5 Å². The maximum Gasteiger partial charge on any atom is 0.274 e. The van der Waals surface area contributed by atoms with Crippen LogP contribution in [0.2, 0.25) is 20.1 Å². The molecule has 2 aromatic carbocycles. The molecule has 3 aliphatic rings. The standard InChI is InChI=1S/C24H10Cl10N2O4/c25-8-1-3-10(12(27)5-8)14(37)7-35(19(38)11-4-2-9(26)6-13(11)28)36-20(39)15-16(21(36)40)23(32)18(30)17(29)22(15,31)24(23,33)34/h1-6,15-16H,7H2/t15-,16+,22-,23-/m1/s1. The molecule has 4 atom stereocenters. The first kappa shape index (κ1) is 30.8. The summed E-state index contributed by atoms with van der Waals surface area (Å²) in [7, 11) is 0. The Morgan fingerprint density at radius 2 is 1.15 bits per heavy atom. The number of halogens is 10. The van der Waals surface area contributed by atoms with Gasteiger partial charge in [-0.25, -0.2) is 5.01 Å². The topological polar surface area (TPSA) is 74.8 Å². The number of Topliss-reactive ketones (excluding diaryl/α,β-unsaturated/α-hetero) is 1. The van der Waals surface area contributed by atoms with Crippen molar-refractivity contribution in [3.05, 3.63) is 77.7 Å². The van der Waals surface area contributed by atoms with E-state index in [1.54, 1.807) is 0 Å². The number of hydrogen-bond acceptors (Lipinski definition) is 4. The summed E-state index contributed by atoms with van der Waals surface area (Å²) in [5.41, 5.74) is -0.220. The molecule has 2 aromatic rings. The highest BCUT2D eigenvalue weighted by Crippen LogP contribution is 2.77. The van der Waals surface area contributed by atoms with Crippen LogP contribution in [-0.2, 0) is 9.59 Å². The van der Waals surface area contributed by atoms with Crippen molar-refractivity contribution in [2.75, 3.05) is 6.54 Å². The minimum absolute atomic E-state index is 0.0281. The predicted octanol–water partition coefficient (Wildman–Crippen LogP) is 7.99. The number of hydrazine groups is 1. The molecule has 0 N–H and O–H groups in total. The zero-order valence-corrected chi connectivity index (χ0v) is 26.7. The first-order valence-corrected chi connectivity index (χ1v) is 14.7. The number of allylic oxidation sites excluding steroid dienone is 2. The van der Waals surface area contributed by atoms with Gasteiger partial charge in [0.1, 0.15) is 16.3 Å². The zero-order chi connectivity index (χ0) is 29.7. The van der Waals surface area contributed by atoms with E-state index in [4.69, 9.17) is 116 Å². The Morgan fingerprint density at radius 1 is 0.725 bits per heavy atom. The molecule has 5 rings (SSSR count). The fourth-order valence-electron chi connectivity index (χ4n) is 5.19. The molecule has 40 heavy (non-hydrogen) atoms. The Morgan fingerprint density at radius 3 is 1.57 bits per heavy atom. The third-order valence-corrected chi connectivity index (χ3v) is 12.4. The van der Waals surface area contributed by atoms with Gasteiger partial charge in [-0.1, -0.05) is 92.8 Å².